The Morgan fingerprint density at radius 3 is 2.61 bits per heavy atom. The third-order valence-corrected chi connectivity index (χ3v) is 7.59. The molecule has 1 atom stereocenters. The molecule has 0 aliphatic carbocycles. The third kappa shape index (κ3) is 4.95. The second-order valence-corrected chi connectivity index (χ2v) is 9.84. The zero-order valence-electron chi connectivity index (χ0n) is 17.2. The van der Waals surface area contributed by atoms with Gasteiger partial charge in [-0.15, -0.1) is 10.2 Å². The van der Waals surface area contributed by atoms with Crippen molar-refractivity contribution in [2.24, 2.45) is 14.1 Å². The number of rotatable bonds is 8. The summed E-state index contributed by atoms with van der Waals surface area (Å²) < 4.78 is 28.3. The summed E-state index contributed by atoms with van der Waals surface area (Å²) in [4.78, 5) is 13.0. The molecule has 1 amide bonds. The maximum atomic E-state index is 12.8. The van der Waals surface area contributed by atoms with Crippen LogP contribution < -0.4 is 5.32 Å². The first kappa shape index (κ1) is 22.5. The summed E-state index contributed by atoms with van der Waals surface area (Å²) in [5, 5.41) is 23.9. The molecule has 1 unspecified atom stereocenters. The Hall–Kier alpha value is -3.17. The van der Waals surface area contributed by atoms with Gasteiger partial charge >= 0.3 is 0 Å². The van der Waals surface area contributed by atoms with Gasteiger partial charge in [-0.25, -0.2) is 8.42 Å². The number of nitrogens with zero attached hydrogens (tertiary/aromatic N) is 6. The normalized spacial score (nSPS) is 12.3. The van der Waals surface area contributed by atoms with Gasteiger partial charge in [0.1, 0.15) is 29.0 Å². The number of thioether (sulfide) groups is 1. The first-order valence-electron chi connectivity index (χ1n) is 9.32. The predicted molar refractivity (Wildman–Crippen MR) is 115 cm³/mol. The zero-order chi connectivity index (χ0) is 22.6. The van der Waals surface area contributed by atoms with E-state index in [0.717, 1.165) is 0 Å². The molecule has 2 aromatic heterocycles. The number of amides is 1. The van der Waals surface area contributed by atoms with Crippen molar-refractivity contribution >= 4 is 33.3 Å². The molecule has 12 heteroatoms. The molecule has 0 spiro atoms. The summed E-state index contributed by atoms with van der Waals surface area (Å²) in [6, 6.07) is 10.1. The van der Waals surface area contributed by atoms with Crippen LogP contribution >= 0.6 is 11.8 Å². The minimum Gasteiger partial charge on any atom is -0.309 e. The summed E-state index contributed by atoms with van der Waals surface area (Å²) in [6.07, 6.45) is 1.87. The van der Waals surface area contributed by atoms with Gasteiger partial charge in [-0.05, 0) is 18.6 Å². The van der Waals surface area contributed by atoms with E-state index in [0.29, 0.717) is 17.4 Å². The fourth-order valence-electron chi connectivity index (χ4n) is 2.77. The molecule has 0 bridgehead atoms. The number of aromatic nitrogens is 5. The maximum absolute atomic E-state index is 12.8. The Balaban J connectivity index is 1.75. The number of benzene rings is 1. The Kier molecular flexibility index (Phi) is 6.77. The molecule has 0 radical (unpaired) electrons. The van der Waals surface area contributed by atoms with E-state index in [1.807, 2.05) is 13.0 Å². The lowest BCUT2D eigenvalue weighted by Gasteiger charge is -2.14. The molecule has 2 heterocycles. The second-order valence-electron chi connectivity index (χ2n) is 6.68. The zero-order valence-corrected chi connectivity index (χ0v) is 18.8. The molecule has 1 aromatic carbocycles. The van der Waals surface area contributed by atoms with Gasteiger partial charge in [-0.1, -0.05) is 36.9 Å². The van der Waals surface area contributed by atoms with Crippen LogP contribution in [0.5, 0.6) is 0 Å². The van der Waals surface area contributed by atoms with E-state index in [-0.39, 0.29) is 27.9 Å². The Morgan fingerprint density at radius 1 is 1.26 bits per heavy atom. The molecule has 1 N–H and O–H groups in total. The average molecular weight is 460 g/mol. The topological polar surface area (TPSA) is 136 Å². The molecule has 10 nitrogen and oxygen atoms in total. The number of hydrogen-bond donors (Lipinski definition) is 1. The van der Waals surface area contributed by atoms with Crippen LogP contribution in [0.15, 0.2) is 46.6 Å². The van der Waals surface area contributed by atoms with Gasteiger partial charge in [0.05, 0.1) is 16.3 Å². The monoisotopic (exact) mass is 459 g/mol. The fraction of sp³-hybridized carbons (Fsp3) is 0.316. The van der Waals surface area contributed by atoms with Crippen molar-refractivity contribution in [3.8, 4) is 6.07 Å². The Bertz CT molecular complexity index is 1230. The van der Waals surface area contributed by atoms with E-state index in [9.17, 15) is 13.2 Å². The van der Waals surface area contributed by atoms with Crippen LogP contribution in [-0.4, -0.2) is 44.1 Å². The molecular formula is C19H21N7O3S2. The van der Waals surface area contributed by atoms with Gasteiger partial charge in [-0.2, -0.15) is 10.4 Å². The van der Waals surface area contributed by atoms with Gasteiger partial charge in [-0.3, -0.25) is 9.48 Å². The predicted octanol–water partition coefficient (Wildman–Crippen LogP) is 1.90. The molecule has 0 aliphatic rings. The molecule has 3 rings (SSSR count). The van der Waals surface area contributed by atoms with Crippen LogP contribution in [0.2, 0.25) is 0 Å². The molecule has 31 heavy (non-hydrogen) atoms. The largest absolute Gasteiger partial charge is 0.309 e. The van der Waals surface area contributed by atoms with Crippen LogP contribution in [0.25, 0.3) is 0 Å². The second kappa shape index (κ2) is 9.32. The number of carbonyl (C=O) groups is 1. The average Bonchev–Trinajstić information content (AvgIpc) is 3.28. The first-order chi connectivity index (χ1) is 14.8. The van der Waals surface area contributed by atoms with Gasteiger partial charge in [0.2, 0.25) is 5.91 Å². The molecule has 0 saturated carbocycles. The Labute approximate surface area is 184 Å². The number of nitriles is 1. The highest BCUT2D eigenvalue weighted by Gasteiger charge is 2.25. The summed E-state index contributed by atoms with van der Waals surface area (Å²) in [5.74, 6) is -0.0156. The summed E-state index contributed by atoms with van der Waals surface area (Å²) >= 11 is 1.18. The lowest BCUT2D eigenvalue weighted by Crippen LogP contribution is -2.26. The van der Waals surface area contributed by atoms with E-state index in [4.69, 9.17) is 5.26 Å². The minimum atomic E-state index is -3.57. The molecule has 0 fully saturated rings. The standard InChI is InChI=1S/C19H21N7O3S2/c1-4-15(18(27)22-17-13(10-20)11-21-26(17)3)30-19-24-23-16(25(19)2)12-31(28,29)14-8-6-5-7-9-14/h5-9,11,15H,4,12H2,1-3H3,(H,22,27). The van der Waals surface area contributed by atoms with Crippen LogP contribution in [-0.2, 0) is 34.5 Å². The molecule has 3 aromatic rings. The van der Waals surface area contributed by atoms with Crippen molar-refractivity contribution in [2.75, 3.05) is 5.32 Å². The third-order valence-electron chi connectivity index (χ3n) is 4.56. The van der Waals surface area contributed by atoms with Gasteiger partial charge < -0.3 is 9.88 Å². The highest BCUT2D eigenvalue weighted by molar-refractivity contribution is 8.00. The first-order valence-corrected chi connectivity index (χ1v) is 11.9. The quantitative estimate of drug-likeness (QED) is 0.505. The van der Waals surface area contributed by atoms with Crippen LogP contribution in [0, 0.1) is 11.3 Å². The highest BCUT2D eigenvalue weighted by atomic mass is 32.2. The van der Waals surface area contributed by atoms with Crippen LogP contribution in [0.1, 0.15) is 24.7 Å². The van der Waals surface area contributed by atoms with Crippen molar-refractivity contribution in [3.63, 3.8) is 0 Å². The summed E-state index contributed by atoms with van der Waals surface area (Å²) in [7, 11) is -0.276. The fourth-order valence-corrected chi connectivity index (χ4v) is 5.04. The lowest BCUT2D eigenvalue weighted by atomic mass is 10.3. The number of nitrogens with one attached hydrogen (secondary N) is 1. The molecule has 0 saturated heterocycles. The highest BCUT2D eigenvalue weighted by Crippen LogP contribution is 2.26. The van der Waals surface area contributed by atoms with E-state index in [2.05, 4.69) is 20.6 Å². The smallest absolute Gasteiger partial charge is 0.239 e. The number of aryl methyl sites for hydroxylation is 1. The number of hydrogen-bond acceptors (Lipinski definition) is 8. The van der Waals surface area contributed by atoms with Crippen molar-refractivity contribution in [2.45, 2.75) is 34.4 Å². The van der Waals surface area contributed by atoms with E-state index >= 15 is 0 Å². The lowest BCUT2D eigenvalue weighted by molar-refractivity contribution is -0.115. The van der Waals surface area contributed by atoms with Gasteiger partial charge in [0.15, 0.2) is 15.0 Å². The minimum absolute atomic E-state index is 0.211. The SMILES string of the molecule is CCC(Sc1nnc(CS(=O)(=O)c2ccccc2)n1C)C(=O)Nc1c(C#N)cnn1C. The number of anilines is 1. The van der Waals surface area contributed by atoms with Crippen molar-refractivity contribution < 1.29 is 13.2 Å². The summed E-state index contributed by atoms with van der Waals surface area (Å²) in [6.45, 7) is 1.85. The Morgan fingerprint density at radius 2 is 1.97 bits per heavy atom. The maximum Gasteiger partial charge on any atom is 0.239 e. The molecule has 0 aliphatic heterocycles. The number of sulfone groups is 1. The van der Waals surface area contributed by atoms with Gasteiger partial charge in [0.25, 0.3) is 0 Å². The van der Waals surface area contributed by atoms with Crippen LogP contribution in [0.3, 0.4) is 0 Å². The van der Waals surface area contributed by atoms with Crippen LogP contribution in [0.4, 0.5) is 5.82 Å². The summed E-state index contributed by atoms with van der Waals surface area (Å²) in [5.41, 5.74) is 0.266. The van der Waals surface area contributed by atoms with Crippen molar-refractivity contribution in [1.29, 1.82) is 5.26 Å². The van der Waals surface area contributed by atoms with E-state index in [1.165, 1.54) is 34.8 Å². The van der Waals surface area contributed by atoms with E-state index in [1.54, 1.807) is 36.9 Å². The van der Waals surface area contributed by atoms with E-state index < -0.39 is 15.1 Å². The van der Waals surface area contributed by atoms with Crippen molar-refractivity contribution in [1.82, 2.24) is 24.5 Å². The molecular weight excluding hydrogens is 438 g/mol. The van der Waals surface area contributed by atoms with Gasteiger partial charge in [0, 0.05) is 14.1 Å². The number of carbonyl (C=O) groups excluding carboxylic acids is 1. The molecule has 162 valence electrons. The van der Waals surface area contributed by atoms with Crippen molar-refractivity contribution in [3.05, 3.63) is 47.9 Å².